The van der Waals surface area contributed by atoms with Gasteiger partial charge in [0.25, 0.3) is 5.91 Å². The number of rotatable bonds is 10. The molecule has 1 aromatic carbocycles. The van der Waals surface area contributed by atoms with Gasteiger partial charge in [0.1, 0.15) is 0 Å². The molecule has 1 saturated heterocycles. The summed E-state index contributed by atoms with van der Waals surface area (Å²) in [5.41, 5.74) is 0.662. The Hall–Kier alpha value is -1.79. The van der Waals surface area contributed by atoms with Crippen LogP contribution in [-0.4, -0.2) is 62.4 Å². The molecule has 6 heteroatoms. The zero-order valence-corrected chi connectivity index (χ0v) is 18.8. The van der Waals surface area contributed by atoms with Crippen LogP contribution in [0.15, 0.2) is 18.2 Å². The summed E-state index contributed by atoms with van der Waals surface area (Å²) in [4.78, 5) is 15.5. The normalized spacial score (nSPS) is 19.8. The second kappa shape index (κ2) is 11.6. The van der Waals surface area contributed by atoms with E-state index >= 15 is 0 Å². The second-order valence-corrected chi connectivity index (χ2v) is 8.69. The molecule has 30 heavy (non-hydrogen) atoms. The summed E-state index contributed by atoms with van der Waals surface area (Å²) >= 11 is 0. The third-order valence-corrected chi connectivity index (χ3v) is 5.99. The Labute approximate surface area is 181 Å². The van der Waals surface area contributed by atoms with Gasteiger partial charge in [0.05, 0.1) is 12.7 Å². The topological polar surface area (TPSA) is 60.0 Å². The van der Waals surface area contributed by atoms with Crippen molar-refractivity contribution >= 4 is 5.91 Å². The van der Waals surface area contributed by atoms with Crippen molar-refractivity contribution in [3.8, 4) is 11.5 Å². The first-order chi connectivity index (χ1) is 14.6. The van der Waals surface area contributed by atoms with Crippen LogP contribution in [0.5, 0.6) is 11.5 Å². The van der Waals surface area contributed by atoms with E-state index in [1.54, 1.807) is 7.11 Å². The molecule has 2 aliphatic rings. The number of piperidine rings is 1. The molecule has 1 aliphatic heterocycles. The first-order valence-electron chi connectivity index (χ1n) is 11.6. The fourth-order valence-corrected chi connectivity index (χ4v) is 4.46. The monoisotopic (exact) mass is 418 g/mol. The molecular weight excluding hydrogens is 380 g/mol. The van der Waals surface area contributed by atoms with Crippen molar-refractivity contribution in [3.63, 3.8) is 0 Å². The number of hydrogen-bond acceptors (Lipinski definition) is 5. The summed E-state index contributed by atoms with van der Waals surface area (Å²) in [6, 6.07) is 6.04. The van der Waals surface area contributed by atoms with Crippen molar-refractivity contribution < 1.29 is 19.0 Å². The van der Waals surface area contributed by atoms with Gasteiger partial charge in [0.2, 0.25) is 0 Å². The Kier molecular flexibility index (Phi) is 8.82. The first kappa shape index (κ1) is 22.9. The number of hydrogen-bond donors (Lipinski definition) is 1. The molecule has 0 spiro atoms. The zero-order valence-electron chi connectivity index (χ0n) is 18.8. The van der Waals surface area contributed by atoms with Gasteiger partial charge in [-0.2, -0.15) is 0 Å². The smallest absolute Gasteiger partial charge is 0.254 e. The van der Waals surface area contributed by atoms with Crippen molar-refractivity contribution in [2.45, 2.75) is 77.0 Å². The molecule has 3 rings (SSSR count). The van der Waals surface area contributed by atoms with Crippen molar-refractivity contribution in [3.05, 3.63) is 23.8 Å². The SMILES string of the molecule is COCCCOc1cc(C(=O)N(C(C)C)[C@@H]2CCCNC2)ccc1OC1CCCC1. The van der Waals surface area contributed by atoms with Gasteiger partial charge in [0, 0.05) is 44.3 Å². The number of ether oxygens (including phenoxy) is 3. The van der Waals surface area contributed by atoms with E-state index in [0.717, 1.165) is 50.9 Å². The molecule has 1 N–H and O–H groups in total. The zero-order chi connectivity index (χ0) is 21.3. The Balaban J connectivity index is 1.78. The lowest BCUT2D eigenvalue weighted by atomic mass is 10.0. The van der Waals surface area contributed by atoms with Crippen LogP contribution in [0.2, 0.25) is 0 Å². The van der Waals surface area contributed by atoms with E-state index in [1.807, 2.05) is 23.1 Å². The predicted octanol–water partition coefficient (Wildman–Crippen LogP) is 4.03. The minimum absolute atomic E-state index is 0.0628. The Morgan fingerprint density at radius 2 is 1.93 bits per heavy atom. The van der Waals surface area contributed by atoms with Crippen molar-refractivity contribution in [2.75, 3.05) is 33.4 Å². The molecule has 1 heterocycles. The fourth-order valence-electron chi connectivity index (χ4n) is 4.46. The average molecular weight is 419 g/mol. The van der Waals surface area contributed by atoms with Crippen molar-refractivity contribution in [1.82, 2.24) is 10.2 Å². The molecule has 1 saturated carbocycles. The minimum Gasteiger partial charge on any atom is -0.490 e. The molecule has 168 valence electrons. The van der Waals surface area contributed by atoms with E-state index in [9.17, 15) is 4.79 Å². The lowest BCUT2D eigenvalue weighted by molar-refractivity contribution is 0.0573. The van der Waals surface area contributed by atoms with Gasteiger partial charge in [-0.1, -0.05) is 0 Å². The maximum Gasteiger partial charge on any atom is 0.254 e. The van der Waals surface area contributed by atoms with Gasteiger partial charge in [-0.05, 0) is 77.1 Å². The van der Waals surface area contributed by atoms with Crippen LogP contribution in [0.4, 0.5) is 0 Å². The fraction of sp³-hybridized carbons (Fsp3) is 0.708. The van der Waals surface area contributed by atoms with Gasteiger partial charge in [-0.15, -0.1) is 0 Å². The molecular formula is C24H38N2O4. The van der Waals surface area contributed by atoms with Crippen molar-refractivity contribution in [1.29, 1.82) is 0 Å². The molecule has 0 bridgehead atoms. The molecule has 0 aromatic heterocycles. The number of methoxy groups -OCH3 is 1. The van der Waals surface area contributed by atoms with Gasteiger partial charge in [-0.3, -0.25) is 4.79 Å². The van der Waals surface area contributed by atoms with E-state index in [2.05, 4.69) is 19.2 Å². The van der Waals surface area contributed by atoms with Crippen LogP contribution in [0, 0.1) is 0 Å². The highest BCUT2D eigenvalue weighted by atomic mass is 16.5. The van der Waals surface area contributed by atoms with Crippen LogP contribution in [0.1, 0.15) is 69.2 Å². The van der Waals surface area contributed by atoms with Crippen LogP contribution < -0.4 is 14.8 Å². The van der Waals surface area contributed by atoms with Gasteiger partial charge >= 0.3 is 0 Å². The molecule has 1 amide bonds. The van der Waals surface area contributed by atoms with E-state index in [1.165, 1.54) is 12.8 Å². The van der Waals surface area contributed by atoms with Gasteiger partial charge < -0.3 is 24.4 Å². The average Bonchev–Trinajstić information content (AvgIpc) is 3.26. The van der Waals surface area contributed by atoms with Crippen LogP contribution >= 0.6 is 0 Å². The van der Waals surface area contributed by atoms with E-state index in [4.69, 9.17) is 14.2 Å². The maximum absolute atomic E-state index is 13.5. The Morgan fingerprint density at radius 3 is 2.60 bits per heavy atom. The molecule has 0 radical (unpaired) electrons. The third kappa shape index (κ3) is 6.11. The molecule has 1 aliphatic carbocycles. The summed E-state index contributed by atoms with van der Waals surface area (Å²) in [6.07, 6.45) is 7.77. The molecule has 2 fully saturated rings. The molecule has 6 nitrogen and oxygen atoms in total. The summed E-state index contributed by atoms with van der Waals surface area (Å²) in [6.45, 7) is 7.25. The third-order valence-electron chi connectivity index (χ3n) is 5.99. The lowest BCUT2D eigenvalue weighted by Crippen LogP contribution is -2.51. The van der Waals surface area contributed by atoms with E-state index < -0.39 is 0 Å². The highest BCUT2D eigenvalue weighted by molar-refractivity contribution is 5.95. The largest absolute Gasteiger partial charge is 0.490 e. The molecule has 1 atom stereocenters. The second-order valence-electron chi connectivity index (χ2n) is 8.69. The summed E-state index contributed by atoms with van der Waals surface area (Å²) in [5.74, 6) is 1.47. The number of carbonyl (C=O) groups is 1. The summed E-state index contributed by atoms with van der Waals surface area (Å²) < 4.78 is 17.4. The maximum atomic E-state index is 13.5. The predicted molar refractivity (Wildman–Crippen MR) is 119 cm³/mol. The molecule has 1 aromatic rings. The van der Waals surface area contributed by atoms with Gasteiger partial charge in [0.15, 0.2) is 11.5 Å². The van der Waals surface area contributed by atoms with Crippen LogP contribution in [-0.2, 0) is 4.74 Å². The molecule has 0 unspecified atom stereocenters. The highest BCUT2D eigenvalue weighted by Gasteiger charge is 2.29. The Morgan fingerprint density at radius 1 is 1.13 bits per heavy atom. The number of amides is 1. The standard InChI is InChI=1S/C24H38N2O4/c1-18(2)26(20-8-6-13-25-17-20)24(27)19-11-12-22(30-21-9-4-5-10-21)23(16-19)29-15-7-14-28-3/h11-12,16,18,20-21,25H,4-10,13-15,17H2,1-3H3/t20-/m1/s1. The Bertz CT molecular complexity index is 667. The number of nitrogens with zero attached hydrogens (tertiary/aromatic N) is 1. The minimum atomic E-state index is 0.0628. The van der Waals surface area contributed by atoms with Crippen LogP contribution in [0.25, 0.3) is 0 Å². The lowest BCUT2D eigenvalue weighted by Gasteiger charge is -2.37. The first-order valence-corrected chi connectivity index (χ1v) is 11.6. The number of nitrogens with one attached hydrogen (secondary N) is 1. The highest BCUT2D eigenvalue weighted by Crippen LogP contribution is 2.33. The number of benzene rings is 1. The van der Waals surface area contributed by atoms with Crippen molar-refractivity contribution in [2.24, 2.45) is 0 Å². The number of carbonyl (C=O) groups excluding carboxylic acids is 1. The van der Waals surface area contributed by atoms with Gasteiger partial charge in [-0.25, -0.2) is 0 Å². The quantitative estimate of drug-likeness (QED) is 0.582. The summed E-state index contributed by atoms with van der Waals surface area (Å²) in [5, 5.41) is 3.43. The van der Waals surface area contributed by atoms with Crippen LogP contribution in [0.3, 0.4) is 0 Å². The van der Waals surface area contributed by atoms with E-state index in [-0.39, 0.29) is 24.1 Å². The van der Waals surface area contributed by atoms with E-state index in [0.29, 0.717) is 24.5 Å². The summed E-state index contributed by atoms with van der Waals surface area (Å²) in [7, 11) is 1.69.